The summed E-state index contributed by atoms with van der Waals surface area (Å²) in [5.41, 5.74) is 2.66. The van der Waals surface area contributed by atoms with Crippen LogP contribution in [-0.2, 0) is 0 Å². The van der Waals surface area contributed by atoms with E-state index in [2.05, 4.69) is 25.6 Å². The van der Waals surface area contributed by atoms with Crippen LogP contribution in [0.25, 0.3) is 21.8 Å². The minimum Gasteiger partial charge on any atom is -0.444 e. The molecule has 1 aliphatic rings. The van der Waals surface area contributed by atoms with Crippen LogP contribution < -0.4 is 15.5 Å². The number of hydrogen-bond acceptors (Lipinski definition) is 10. The number of carbonyl (C=O) groups excluding carboxylic acids is 1. The van der Waals surface area contributed by atoms with Crippen LogP contribution in [0.4, 0.5) is 21.0 Å². The van der Waals surface area contributed by atoms with Crippen molar-refractivity contribution in [1.29, 1.82) is 0 Å². The van der Waals surface area contributed by atoms with Crippen molar-refractivity contribution in [2.24, 2.45) is 0 Å². The van der Waals surface area contributed by atoms with Gasteiger partial charge >= 0.3 is 0 Å². The average molecular weight is 498 g/mol. The summed E-state index contributed by atoms with van der Waals surface area (Å²) in [7, 11) is 0. The van der Waals surface area contributed by atoms with Gasteiger partial charge in [0.1, 0.15) is 12.4 Å². The molecule has 1 aliphatic heterocycles. The second-order valence-corrected chi connectivity index (χ2v) is 9.22. The van der Waals surface area contributed by atoms with E-state index in [-0.39, 0.29) is 12.3 Å². The minimum absolute atomic E-state index is 0.0210. The van der Waals surface area contributed by atoms with Crippen molar-refractivity contribution < 1.29 is 18.7 Å². The lowest BCUT2D eigenvalue weighted by Gasteiger charge is -2.30. The lowest BCUT2D eigenvalue weighted by Crippen LogP contribution is -2.35. The Morgan fingerprint density at radius 1 is 1.29 bits per heavy atom. The van der Waals surface area contributed by atoms with E-state index in [0.717, 1.165) is 16.0 Å². The number of carbonyl (C=O) groups is 1. The molecule has 0 unspecified atom stereocenters. The van der Waals surface area contributed by atoms with E-state index in [1.807, 2.05) is 24.0 Å². The van der Waals surface area contributed by atoms with Gasteiger partial charge in [0.2, 0.25) is 5.89 Å². The quantitative estimate of drug-likeness (QED) is 0.350. The molecule has 1 saturated heterocycles. The Bertz CT molecular complexity index is 1350. The number of piperidine rings is 1. The molecule has 3 N–H and O–H groups in total. The number of fused-ring (bicyclic) bond motifs is 1. The highest BCUT2D eigenvalue weighted by Gasteiger charge is 2.25. The van der Waals surface area contributed by atoms with Gasteiger partial charge in [0, 0.05) is 37.1 Å². The van der Waals surface area contributed by atoms with Crippen molar-refractivity contribution >= 4 is 44.2 Å². The van der Waals surface area contributed by atoms with Gasteiger partial charge < -0.3 is 25.1 Å². The number of aryl methyl sites for hydroxylation is 1. The van der Waals surface area contributed by atoms with E-state index in [0.29, 0.717) is 60.7 Å². The van der Waals surface area contributed by atoms with E-state index < -0.39 is 12.1 Å². The first kappa shape index (κ1) is 23.1. The van der Waals surface area contributed by atoms with Gasteiger partial charge in [0.05, 0.1) is 17.0 Å². The molecule has 0 aliphatic carbocycles. The summed E-state index contributed by atoms with van der Waals surface area (Å²) in [6.45, 7) is 3.18. The Morgan fingerprint density at radius 2 is 2.11 bits per heavy atom. The molecule has 1 amide bonds. The van der Waals surface area contributed by atoms with Crippen LogP contribution in [0.2, 0.25) is 0 Å². The number of pyridine rings is 2. The molecule has 0 radical (unpaired) electrons. The molecule has 1 fully saturated rings. The molecular weight excluding hydrogens is 473 g/mol. The second-order valence-electron chi connectivity index (χ2n) is 8.19. The summed E-state index contributed by atoms with van der Waals surface area (Å²) in [6.07, 6.45) is 2.91. The molecule has 0 spiro atoms. The zero-order valence-electron chi connectivity index (χ0n) is 19.0. The molecule has 182 valence electrons. The van der Waals surface area contributed by atoms with Crippen molar-refractivity contribution in [3.63, 3.8) is 0 Å². The van der Waals surface area contributed by atoms with Gasteiger partial charge in [-0.3, -0.25) is 9.78 Å². The smallest absolute Gasteiger partial charge is 0.277 e. The molecule has 0 aromatic carbocycles. The van der Waals surface area contributed by atoms with Gasteiger partial charge in [0.15, 0.2) is 22.3 Å². The normalized spacial score (nSPS) is 14.4. The van der Waals surface area contributed by atoms with Crippen LogP contribution >= 0.6 is 11.3 Å². The van der Waals surface area contributed by atoms with Gasteiger partial charge in [-0.1, -0.05) is 11.3 Å². The standard InChI is InChI=1S/C23H24FN7O3S/c1-13-10-14(2-5-25-13)22-28-17(12-34-22)21(33)27-16-11-18-19(30-23(35-18)26-6-9-32)29-20(16)31-7-3-15(24)4-8-31/h2,5,10-12,15,32H,3-4,6-9H2,1H3,(H,27,33)(H,26,29,30). The fourth-order valence-corrected chi connectivity index (χ4v) is 4.74. The Labute approximate surface area is 204 Å². The predicted octanol–water partition coefficient (Wildman–Crippen LogP) is 3.64. The number of aliphatic hydroxyl groups excluding tert-OH is 1. The van der Waals surface area contributed by atoms with Crippen LogP contribution in [0.15, 0.2) is 35.1 Å². The van der Waals surface area contributed by atoms with Crippen molar-refractivity contribution in [3.05, 3.63) is 42.0 Å². The van der Waals surface area contributed by atoms with Crippen molar-refractivity contribution in [2.75, 3.05) is 41.8 Å². The predicted molar refractivity (Wildman–Crippen MR) is 132 cm³/mol. The lowest BCUT2D eigenvalue weighted by molar-refractivity contribution is 0.102. The number of amides is 1. The molecule has 0 atom stereocenters. The molecule has 5 rings (SSSR count). The summed E-state index contributed by atoms with van der Waals surface area (Å²) in [4.78, 5) is 32.7. The Balaban J connectivity index is 1.44. The molecule has 0 saturated carbocycles. The minimum atomic E-state index is -0.841. The summed E-state index contributed by atoms with van der Waals surface area (Å²) in [5.74, 6) is 0.406. The van der Waals surface area contributed by atoms with E-state index in [1.54, 1.807) is 12.3 Å². The number of aromatic nitrogens is 4. The Morgan fingerprint density at radius 3 is 2.89 bits per heavy atom. The van der Waals surface area contributed by atoms with Gasteiger partial charge in [-0.25, -0.2) is 19.3 Å². The number of aliphatic hydroxyl groups is 1. The third kappa shape index (κ3) is 5.08. The molecule has 12 heteroatoms. The molecule has 35 heavy (non-hydrogen) atoms. The first-order chi connectivity index (χ1) is 17.0. The summed E-state index contributed by atoms with van der Waals surface area (Å²) in [5, 5.41) is 15.6. The van der Waals surface area contributed by atoms with Crippen LogP contribution in [-0.4, -0.2) is 63.4 Å². The fraction of sp³-hybridized carbons (Fsp3) is 0.348. The number of hydrogen-bond donors (Lipinski definition) is 3. The first-order valence-corrected chi connectivity index (χ1v) is 12.1. The first-order valence-electron chi connectivity index (χ1n) is 11.3. The number of alkyl halides is 1. The van der Waals surface area contributed by atoms with Gasteiger partial charge in [0.25, 0.3) is 5.91 Å². The van der Waals surface area contributed by atoms with Crippen LogP contribution in [0.5, 0.6) is 0 Å². The zero-order valence-corrected chi connectivity index (χ0v) is 19.8. The van der Waals surface area contributed by atoms with Crippen LogP contribution in [0, 0.1) is 6.92 Å². The second kappa shape index (κ2) is 9.92. The largest absolute Gasteiger partial charge is 0.444 e. The van der Waals surface area contributed by atoms with Crippen LogP contribution in [0.1, 0.15) is 29.0 Å². The SMILES string of the molecule is Cc1cc(-c2nc(C(=O)Nc3cc4sc(NCCO)nc4nc3N3CCC(F)CC3)co2)ccn1. The highest BCUT2D eigenvalue weighted by Crippen LogP contribution is 2.34. The molecule has 10 nitrogen and oxygen atoms in total. The van der Waals surface area contributed by atoms with E-state index in [9.17, 15) is 9.18 Å². The highest BCUT2D eigenvalue weighted by molar-refractivity contribution is 7.22. The number of nitrogens with one attached hydrogen (secondary N) is 2. The zero-order chi connectivity index (χ0) is 24.4. The number of rotatable bonds is 7. The number of anilines is 3. The van der Waals surface area contributed by atoms with Crippen LogP contribution in [0.3, 0.4) is 0 Å². The number of thiazole rings is 1. The fourth-order valence-electron chi connectivity index (χ4n) is 3.86. The van der Waals surface area contributed by atoms with Gasteiger partial charge in [-0.15, -0.1) is 0 Å². The topological polar surface area (TPSA) is 129 Å². The maximum absolute atomic E-state index is 13.8. The molecular formula is C23H24FN7O3S. The Hall–Kier alpha value is -3.64. The van der Waals surface area contributed by atoms with E-state index in [4.69, 9.17) is 14.5 Å². The third-order valence-corrected chi connectivity index (χ3v) is 6.55. The van der Waals surface area contributed by atoms with Crippen molar-refractivity contribution in [1.82, 2.24) is 19.9 Å². The lowest BCUT2D eigenvalue weighted by atomic mass is 10.1. The Kier molecular flexibility index (Phi) is 6.55. The molecule has 5 heterocycles. The monoisotopic (exact) mass is 497 g/mol. The summed E-state index contributed by atoms with van der Waals surface area (Å²) in [6, 6.07) is 5.40. The van der Waals surface area contributed by atoms with Crippen molar-refractivity contribution in [3.8, 4) is 11.5 Å². The van der Waals surface area contributed by atoms with Gasteiger partial charge in [-0.05, 0) is 38.0 Å². The average Bonchev–Trinajstić information content (AvgIpc) is 3.50. The van der Waals surface area contributed by atoms with Crippen molar-refractivity contribution in [2.45, 2.75) is 25.9 Å². The molecule has 4 aromatic heterocycles. The summed E-state index contributed by atoms with van der Waals surface area (Å²) < 4.78 is 20.1. The number of oxazole rings is 1. The van der Waals surface area contributed by atoms with E-state index in [1.165, 1.54) is 17.6 Å². The third-order valence-electron chi connectivity index (χ3n) is 5.60. The van der Waals surface area contributed by atoms with Gasteiger partial charge in [-0.2, -0.15) is 0 Å². The maximum Gasteiger partial charge on any atom is 0.277 e. The maximum atomic E-state index is 13.8. The number of halogens is 1. The number of nitrogens with zero attached hydrogens (tertiary/aromatic N) is 5. The molecule has 0 bridgehead atoms. The highest BCUT2D eigenvalue weighted by atomic mass is 32.1. The van der Waals surface area contributed by atoms with E-state index >= 15 is 0 Å². The molecule has 4 aromatic rings. The summed E-state index contributed by atoms with van der Waals surface area (Å²) >= 11 is 1.37.